The van der Waals surface area contributed by atoms with Gasteiger partial charge in [-0.3, -0.25) is 9.78 Å². The minimum atomic E-state index is -1.17. The number of nitrogens with zero attached hydrogens (tertiary/aromatic N) is 3. The van der Waals surface area contributed by atoms with Gasteiger partial charge in [0.25, 0.3) is 0 Å². The van der Waals surface area contributed by atoms with Crippen LogP contribution in [0.2, 0.25) is 0 Å². The van der Waals surface area contributed by atoms with Crippen LogP contribution in [0.4, 0.5) is 4.39 Å². The van der Waals surface area contributed by atoms with Crippen LogP contribution in [0.1, 0.15) is 43.1 Å². The van der Waals surface area contributed by atoms with Gasteiger partial charge in [-0.25, -0.2) is 4.39 Å². The van der Waals surface area contributed by atoms with Crippen molar-refractivity contribution in [2.45, 2.75) is 38.3 Å². The van der Waals surface area contributed by atoms with Gasteiger partial charge < -0.3 is 19.3 Å². The molecular formula is C27H34FN3O3. The van der Waals surface area contributed by atoms with Crippen molar-refractivity contribution in [3.05, 3.63) is 60.0 Å². The molecular weight excluding hydrogens is 433 g/mol. The second kappa shape index (κ2) is 11.0. The van der Waals surface area contributed by atoms with Gasteiger partial charge in [-0.15, -0.1) is 0 Å². The Labute approximate surface area is 200 Å². The lowest BCUT2D eigenvalue weighted by Crippen LogP contribution is -2.44. The van der Waals surface area contributed by atoms with Gasteiger partial charge in [0.05, 0.1) is 18.5 Å². The van der Waals surface area contributed by atoms with Gasteiger partial charge in [0, 0.05) is 37.1 Å². The van der Waals surface area contributed by atoms with Crippen LogP contribution in [0.25, 0.3) is 10.9 Å². The van der Waals surface area contributed by atoms with Crippen molar-refractivity contribution in [2.75, 3.05) is 26.7 Å². The van der Waals surface area contributed by atoms with Crippen LogP contribution < -0.4 is 4.74 Å². The first-order valence-electron chi connectivity index (χ1n) is 12.1. The first kappa shape index (κ1) is 24.2. The molecule has 0 amide bonds. The Morgan fingerprint density at radius 3 is 2.91 bits per heavy atom. The largest absolute Gasteiger partial charge is 0.497 e. The average molecular weight is 468 g/mol. The van der Waals surface area contributed by atoms with E-state index in [2.05, 4.69) is 20.5 Å². The summed E-state index contributed by atoms with van der Waals surface area (Å²) in [7, 11) is 3.63. The number of ether oxygens (including phenoxy) is 1. The Morgan fingerprint density at radius 2 is 2.18 bits per heavy atom. The summed E-state index contributed by atoms with van der Waals surface area (Å²) < 4.78 is 22.8. The molecule has 4 rings (SSSR count). The summed E-state index contributed by atoms with van der Waals surface area (Å²) in [5.41, 5.74) is 2.61. The zero-order chi connectivity index (χ0) is 24.1. The Hall–Kier alpha value is -2.93. The quantitative estimate of drug-likeness (QED) is 0.453. The number of piperidine rings is 1. The van der Waals surface area contributed by atoms with Gasteiger partial charge in [0.15, 0.2) is 0 Å². The molecule has 3 heterocycles. The summed E-state index contributed by atoms with van der Waals surface area (Å²) in [4.78, 5) is 18.6. The van der Waals surface area contributed by atoms with Crippen LogP contribution in [0.3, 0.4) is 0 Å². The molecule has 0 saturated carbocycles. The summed E-state index contributed by atoms with van der Waals surface area (Å²) in [5, 5.41) is 10.6. The lowest BCUT2D eigenvalue weighted by atomic mass is 9.81. The fraction of sp³-hybridized carbons (Fsp3) is 0.481. The number of carboxylic acids is 1. The van der Waals surface area contributed by atoms with E-state index in [9.17, 15) is 9.90 Å². The molecule has 3 atom stereocenters. The molecule has 3 aromatic rings. The van der Waals surface area contributed by atoms with Crippen molar-refractivity contribution in [3.63, 3.8) is 0 Å². The van der Waals surface area contributed by atoms with Crippen LogP contribution in [-0.2, 0) is 18.3 Å². The number of alkyl halides is 1. The molecule has 0 bridgehead atoms. The number of fused-ring (bicyclic) bond motifs is 1. The highest BCUT2D eigenvalue weighted by Crippen LogP contribution is 2.35. The van der Waals surface area contributed by atoms with Crippen LogP contribution in [0.5, 0.6) is 5.75 Å². The number of hydrogen-bond donors (Lipinski definition) is 1. The molecule has 0 unspecified atom stereocenters. The summed E-state index contributed by atoms with van der Waals surface area (Å²) in [6, 6.07) is 11.4. The number of pyridine rings is 1. The van der Waals surface area contributed by atoms with Crippen LogP contribution in [-0.4, -0.2) is 52.3 Å². The number of aliphatic carboxylic acids is 1. The second-order valence-electron chi connectivity index (χ2n) is 9.34. The standard InChI is InChI=1S/C27H34FN3O3/c1-30-14-3-5-20(30)6-4-15-31-16-12-19(24(18-31)27(32)33)7-9-25(28)22-11-13-29-26-10-8-21(34-2)17-23(22)26/h3,5,8,10-11,13-14,17,19,24-25H,4,6-7,9,12,15-16,18H2,1-2H3,(H,32,33)/t19-,24+,25-/m1/s1. The van der Waals surface area contributed by atoms with Gasteiger partial charge in [-0.2, -0.15) is 0 Å². The minimum absolute atomic E-state index is 0.0116. The number of hydrogen-bond acceptors (Lipinski definition) is 4. The number of carboxylic acid groups (broad SMARTS) is 1. The van der Waals surface area contributed by atoms with E-state index in [4.69, 9.17) is 4.74 Å². The van der Waals surface area contributed by atoms with Crippen molar-refractivity contribution in [2.24, 2.45) is 18.9 Å². The highest BCUT2D eigenvalue weighted by Gasteiger charge is 2.34. The van der Waals surface area contributed by atoms with Gasteiger partial charge >= 0.3 is 5.97 Å². The van der Waals surface area contributed by atoms with E-state index in [-0.39, 0.29) is 5.92 Å². The molecule has 1 fully saturated rings. The molecule has 6 nitrogen and oxygen atoms in total. The monoisotopic (exact) mass is 467 g/mol. The summed E-state index contributed by atoms with van der Waals surface area (Å²) >= 11 is 0. The predicted molar refractivity (Wildman–Crippen MR) is 131 cm³/mol. The number of carbonyl (C=O) groups is 1. The normalized spacial score (nSPS) is 19.9. The van der Waals surface area contributed by atoms with Gasteiger partial charge in [0.2, 0.25) is 0 Å². The number of aromatic nitrogens is 2. The Bertz CT molecular complexity index is 1120. The van der Waals surface area contributed by atoms with Crippen molar-refractivity contribution >= 4 is 16.9 Å². The first-order valence-corrected chi connectivity index (χ1v) is 12.1. The van der Waals surface area contributed by atoms with Crippen LogP contribution in [0, 0.1) is 11.8 Å². The van der Waals surface area contributed by atoms with E-state index in [1.807, 2.05) is 37.5 Å². The Balaban J connectivity index is 1.34. The minimum Gasteiger partial charge on any atom is -0.497 e. The predicted octanol–water partition coefficient (Wildman–Crippen LogP) is 5.03. The maximum Gasteiger partial charge on any atom is 0.308 e. The number of likely N-dealkylation sites (tertiary alicyclic amines) is 1. The van der Waals surface area contributed by atoms with Crippen molar-refractivity contribution in [1.82, 2.24) is 14.5 Å². The molecule has 0 spiro atoms. The number of rotatable bonds is 10. The molecule has 1 saturated heterocycles. The Kier molecular flexibility index (Phi) is 7.83. The number of benzene rings is 1. The van der Waals surface area contributed by atoms with E-state index in [0.29, 0.717) is 30.7 Å². The van der Waals surface area contributed by atoms with Gasteiger partial charge in [-0.1, -0.05) is 0 Å². The summed E-state index contributed by atoms with van der Waals surface area (Å²) in [5.74, 6) is -0.571. The SMILES string of the molecule is COc1ccc2nccc([C@H](F)CC[C@@H]3CCN(CCCc4cccn4C)C[C@@H]3C(=O)O)c2c1. The molecule has 34 heavy (non-hydrogen) atoms. The average Bonchev–Trinajstić information content (AvgIpc) is 3.26. The number of methoxy groups -OCH3 is 1. The number of halogens is 1. The highest BCUT2D eigenvalue weighted by molar-refractivity contribution is 5.83. The molecule has 2 aromatic heterocycles. The molecule has 1 aliphatic heterocycles. The maximum absolute atomic E-state index is 15.4. The van der Waals surface area contributed by atoms with Gasteiger partial charge in [-0.05, 0) is 93.1 Å². The lowest BCUT2D eigenvalue weighted by molar-refractivity contribution is -0.146. The molecule has 1 aromatic carbocycles. The lowest BCUT2D eigenvalue weighted by Gasteiger charge is -2.37. The van der Waals surface area contributed by atoms with E-state index in [0.717, 1.165) is 43.3 Å². The fourth-order valence-electron chi connectivity index (χ4n) is 5.20. The highest BCUT2D eigenvalue weighted by atomic mass is 19.1. The fourth-order valence-corrected chi connectivity index (χ4v) is 5.20. The third kappa shape index (κ3) is 5.58. The molecule has 182 valence electrons. The summed E-state index contributed by atoms with van der Waals surface area (Å²) in [6.45, 7) is 2.30. The topological polar surface area (TPSA) is 67.6 Å². The maximum atomic E-state index is 15.4. The smallest absolute Gasteiger partial charge is 0.308 e. The molecule has 0 radical (unpaired) electrons. The van der Waals surface area contributed by atoms with Crippen LogP contribution in [0.15, 0.2) is 48.8 Å². The van der Waals surface area contributed by atoms with E-state index in [1.54, 1.807) is 19.4 Å². The molecule has 1 N–H and O–H groups in total. The molecule has 0 aliphatic carbocycles. The van der Waals surface area contributed by atoms with E-state index >= 15 is 4.39 Å². The molecule has 1 aliphatic rings. The number of aryl methyl sites for hydroxylation is 2. The zero-order valence-corrected chi connectivity index (χ0v) is 20.0. The van der Waals surface area contributed by atoms with Crippen molar-refractivity contribution in [1.29, 1.82) is 0 Å². The van der Waals surface area contributed by atoms with E-state index in [1.165, 1.54) is 5.69 Å². The van der Waals surface area contributed by atoms with Crippen molar-refractivity contribution < 1.29 is 19.0 Å². The third-order valence-electron chi connectivity index (χ3n) is 7.23. The first-order chi connectivity index (χ1) is 16.5. The second-order valence-corrected chi connectivity index (χ2v) is 9.34. The van der Waals surface area contributed by atoms with Crippen molar-refractivity contribution in [3.8, 4) is 5.75 Å². The Morgan fingerprint density at radius 1 is 1.32 bits per heavy atom. The van der Waals surface area contributed by atoms with E-state index < -0.39 is 18.1 Å². The zero-order valence-electron chi connectivity index (χ0n) is 20.0. The summed E-state index contributed by atoms with van der Waals surface area (Å²) in [6.07, 6.45) is 6.14. The third-order valence-corrected chi connectivity index (χ3v) is 7.23. The van der Waals surface area contributed by atoms with Crippen LogP contribution >= 0.6 is 0 Å². The van der Waals surface area contributed by atoms with Gasteiger partial charge in [0.1, 0.15) is 11.9 Å². The molecule has 7 heteroatoms.